The van der Waals surface area contributed by atoms with Gasteiger partial charge in [-0.3, -0.25) is 0 Å². The molecule has 2 aromatic rings. The average molecular weight is 198 g/mol. The maximum Gasteiger partial charge on any atom is 0.0713 e. The molecule has 76 valence electrons. The van der Waals surface area contributed by atoms with Crippen LogP contribution in [-0.4, -0.2) is 7.11 Å². The summed E-state index contributed by atoms with van der Waals surface area (Å²) in [5.74, 6) is 0. The summed E-state index contributed by atoms with van der Waals surface area (Å²) in [6.07, 6.45) is 1.89. The molecule has 0 bridgehead atoms. The maximum atomic E-state index is 5.12. The first-order valence-corrected chi connectivity index (χ1v) is 4.98. The van der Waals surface area contributed by atoms with Gasteiger partial charge in [0.05, 0.1) is 6.61 Å². The monoisotopic (exact) mass is 198 g/mol. The Labute approximate surface area is 90.0 Å². The van der Waals surface area contributed by atoms with E-state index in [0.717, 1.165) is 0 Å². The van der Waals surface area contributed by atoms with E-state index >= 15 is 0 Å². The van der Waals surface area contributed by atoms with Gasteiger partial charge in [-0.2, -0.15) is 0 Å². The Bertz CT molecular complexity index is 486. The van der Waals surface area contributed by atoms with Crippen LogP contribution >= 0.6 is 0 Å². The zero-order chi connectivity index (χ0) is 10.7. The molecule has 2 rings (SSSR count). The third kappa shape index (κ3) is 1.92. The van der Waals surface area contributed by atoms with Crippen LogP contribution in [0.4, 0.5) is 0 Å². The van der Waals surface area contributed by atoms with E-state index in [0.29, 0.717) is 6.61 Å². The first kappa shape index (κ1) is 9.94. The molecule has 0 aromatic heterocycles. The van der Waals surface area contributed by atoms with E-state index in [4.69, 9.17) is 4.74 Å². The van der Waals surface area contributed by atoms with Crippen LogP contribution in [-0.2, 0) is 11.3 Å². The molecule has 0 amide bonds. The van der Waals surface area contributed by atoms with E-state index in [-0.39, 0.29) is 0 Å². The van der Waals surface area contributed by atoms with Crippen LogP contribution in [0.15, 0.2) is 43.0 Å². The summed E-state index contributed by atoms with van der Waals surface area (Å²) in [4.78, 5) is 0. The summed E-state index contributed by atoms with van der Waals surface area (Å²) in [5, 5.41) is 2.48. The van der Waals surface area contributed by atoms with Crippen molar-refractivity contribution in [1.82, 2.24) is 0 Å². The lowest BCUT2D eigenvalue weighted by molar-refractivity contribution is 0.185. The molecule has 0 fully saturated rings. The average Bonchev–Trinajstić information content (AvgIpc) is 2.28. The summed E-state index contributed by atoms with van der Waals surface area (Å²) in [7, 11) is 1.71. The second-order valence-electron chi connectivity index (χ2n) is 3.54. The number of hydrogen-bond acceptors (Lipinski definition) is 1. The molecule has 0 spiro atoms. The van der Waals surface area contributed by atoms with Gasteiger partial charge >= 0.3 is 0 Å². The van der Waals surface area contributed by atoms with Crippen molar-refractivity contribution in [3.05, 3.63) is 54.1 Å². The molecule has 0 unspecified atom stereocenters. The van der Waals surface area contributed by atoms with Crippen LogP contribution in [0.25, 0.3) is 16.8 Å². The van der Waals surface area contributed by atoms with Gasteiger partial charge in [-0.25, -0.2) is 0 Å². The smallest absolute Gasteiger partial charge is 0.0713 e. The van der Waals surface area contributed by atoms with Gasteiger partial charge in [0.2, 0.25) is 0 Å². The van der Waals surface area contributed by atoms with Gasteiger partial charge in [0.1, 0.15) is 0 Å². The highest BCUT2D eigenvalue weighted by Crippen LogP contribution is 2.21. The predicted octanol–water partition coefficient (Wildman–Crippen LogP) is 3.63. The lowest BCUT2D eigenvalue weighted by atomic mass is 10.0. The van der Waals surface area contributed by atoms with Crippen LogP contribution in [0.2, 0.25) is 0 Å². The zero-order valence-electron chi connectivity index (χ0n) is 8.86. The van der Waals surface area contributed by atoms with Crippen LogP contribution in [0.1, 0.15) is 11.1 Å². The van der Waals surface area contributed by atoms with Crippen molar-refractivity contribution in [2.45, 2.75) is 6.61 Å². The molecule has 0 heterocycles. The minimum Gasteiger partial charge on any atom is -0.380 e. The highest BCUT2D eigenvalue weighted by molar-refractivity contribution is 5.90. The highest BCUT2D eigenvalue weighted by Gasteiger charge is 1.99. The normalized spacial score (nSPS) is 10.5. The van der Waals surface area contributed by atoms with Crippen LogP contribution < -0.4 is 0 Å². The Morgan fingerprint density at radius 3 is 2.87 bits per heavy atom. The third-order valence-corrected chi connectivity index (χ3v) is 2.51. The first-order valence-electron chi connectivity index (χ1n) is 4.98. The van der Waals surface area contributed by atoms with Gasteiger partial charge in [0.25, 0.3) is 0 Å². The number of benzene rings is 2. The molecule has 0 aliphatic carbocycles. The fourth-order valence-corrected chi connectivity index (χ4v) is 1.78. The van der Waals surface area contributed by atoms with E-state index in [2.05, 4.69) is 43.0 Å². The summed E-state index contributed by atoms with van der Waals surface area (Å²) in [6, 6.07) is 12.6. The summed E-state index contributed by atoms with van der Waals surface area (Å²) < 4.78 is 5.12. The number of methoxy groups -OCH3 is 1. The Kier molecular flexibility index (Phi) is 2.84. The molecule has 0 N–H and O–H groups in total. The van der Waals surface area contributed by atoms with Crippen molar-refractivity contribution in [2.24, 2.45) is 0 Å². The van der Waals surface area contributed by atoms with Crippen molar-refractivity contribution in [3.8, 4) is 0 Å². The molecule has 1 heteroatoms. The van der Waals surface area contributed by atoms with Gasteiger partial charge in [-0.05, 0) is 28.0 Å². The molecule has 15 heavy (non-hydrogen) atoms. The van der Waals surface area contributed by atoms with Crippen LogP contribution in [0.3, 0.4) is 0 Å². The number of fused-ring (bicyclic) bond motifs is 1. The third-order valence-electron chi connectivity index (χ3n) is 2.51. The molecule has 0 aliphatic heterocycles. The van der Waals surface area contributed by atoms with Crippen LogP contribution in [0, 0.1) is 0 Å². The van der Waals surface area contributed by atoms with E-state index in [1.165, 1.54) is 21.9 Å². The predicted molar refractivity (Wildman–Crippen MR) is 64.8 cm³/mol. The Balaban J connectivity index is 2.61. The zero-order valence-corrected chi connectivity index (χ0v) is 8.86. The van der Waals surface area contributed by atoms with Crippen LogP contribution in [0.5, 0.6) is 0 Å². The SMILES string of the molecule is C=Cc1cccc2ccc(COC)cc12. The fraction of sp³-hybridized carbons (Fsp3) is 0.143. The van der Waals surface area contributed by atoms with Crippen molar-refractivity contribution < 1.29 is 4.74 Å². The standard InChI is InChI=1S/C14H14O/c1-3-12-5-4-6-13-8-7-11(10-15-2)9-14(12)13/h3-9H,1,10H2,2H3. The van der Waals surface area contributed by atoms with Crippen molar-refractivity contribution >= 4 is 16.8 Å². The lowest BCUT2D eigenvalue weighted by Crippen LogP contribution is -1.88. The molecular formula is C14H14O. The van der Waals surface area contributed by atoms with Gasteiger partial charge < -0.3 is 4.74 Å². The second kappa shape index (κ2) is 4.28. The molecule has 0 radical (unpaired) electrons. The molecule has 0 saturated heterocycles. The minimum atomic E-state index is 0.654. The number of hydrogen-bond donors (Lipinski definition) is 0. The highest BCUT2D eigenvalue weighted by atomic mass is 16.5. The molecular weight excluding hydrogens is 184 g/mol. The maximum absolute atomic E-state index is 5.12. The fourth-order valence-electron chi connectivity index (χ4n) is 1.78. The molecule has 0 saturated carbocycles. The Morgan fingerprint density at radius 2 is 2.13 bits per heavy atom. The van der Waals surface area contributed by atoms with E-state index < -0.39 is 0 Å². The molecule has 2 aromatic carbocycles. The van der Waals surface area contributed by atoms with E-state index in [1.54, 1.807) is 7.11 Å². The largest absolute Gasteiger partial charge is 0.380 e. The first-order chi connectivity index (χ1) is 7.35. The van der Waals surface area contributed by atoms with Gasteiger partial charge in [-0.1, -0.05) is 43.0 Å². The Hall–Kier alpha value is -1.60. The summed E-state index contributed by atoms with van der Waals surface area (Å²) >= 11 is 0. The number of rotatable bonds is 3. The van der Waals surface area contributed by atoms with Crippen molar-refractivity contribution in [2.75, 3.05) is 7.11 Å². The summed E-state index contributed by atoms with van der Waals surface area (Å²) in [6.45, 7) is 4.48. The number of ether oxygens (including phenoxy) is 1. The lowest BCUT2D eigenvalue weighted by Gasteiger charge is -2.05. The molecule has 0 aliphatic rings. The molecule has 0 atom stereocenters. The van der Waals surface area contributed by atoms with Crippen molar-refractivity contribution in [3.63, 3.8) is 0 Å². The summed E-state index contributed by atoms with van der Waals surface area (Å²) in [5.41, 5.74) is 2.37. The van der Waals surface area contributed by atoms with Crippen molar-refractivity contribution in [1.29, 1.82) is 0 Å². The van der Waals surface area contributed by atoms with E-state index in [1.807, 2.05) is 6.08 Å². The van der Waals surface area contributed by atoms with Gasteiger partial charge in [-0.15, -0.1) is 0 Å². The van der Waals surface area contributed by atoms with E-state index in [9.17, 15) is 0 Å². The quantitative estimate of drug-likeness (QED) is 0.731. The molecule has 1 nitrogen and oxygen atoms in total. The van der Waals surface area contributed by atoms with Gasteiger partial charge in [0, 0.05) is 7.11 Å². The second-order valence-corrected chi connectivity index (χ2v) is 3.54. The Morgan fingerprint density at radius 1 is 1.27 bits per heavy atom. The van der Waals surface area contributed by atoms with Gasteiger partial charge in [0.15, 0.2) is 0 Å². The topological polar surface area (TPSA) is 9.23 Å². The minimum absolute atomic E-state index is 0.654.